The van der Waals surface area contributed by atoms with Gasteiger partial charge in [0.2, 0.25) is 0 Å². The molecule has 1 fully saturated rings. The van der Waals surface area contributed by atoms with Crippen LogP contribution in [-0.4, -0.2) is 73.8 Å². The molecule has 40 heavy (non-hydrogen) atoms. The van der Waals surface area contributed by atoms with Crippen LogP contribution in [0.4, 0.5) is 16.0 Å². The van der Waals surface area contributed by atoms with Crippen molar-refractivity contribution in [3.8, 4) is 17.1 Å². The molecule has 10 nitrogen and oxygen atoms in total. The maximum absolute atomic E-state index is 14.4. The van der Waals surface area contributed by atoms with Crippen molar-refractivity contribution in [2.45, 2.75) is 33.4 Å². The van der Waals surface area contributed by atoms with E-state index in [0.717, 1.165) is 48.7 Å². The topological polar surface area (TPSA) is 104 Å². The van der Waals surface area contributed by atoms with E-state index in [-0.39, 0.29) is 11.7 Å². The molecule has 0 bridgehead atoms. The van der Waals surface area contributed by atoms with Crippen LogP contribution >= 0.6 is 0 Å². The number of hydrogen-bond acceptors (Lipinski definition) is 8. The Bertz CT molecular complexity index is 1520. The van der Waals surface area contributed by atoms with Crippen molar-refractivity contribution in [1.29, 1.82) is 0 Å². The molecule has 1 aromatic carbocycles. The second-order valence-electron chi connectivity index (χ2n) is 10.6. The summed E-state index contributed by atoms with van der Waals surface area (Å²) < 4.78 is 16.2. The van der Waals surface area contributed by atoms with E-state index >= 15 is 0 Å². The number of hydrazine groups is 1. The summed E-state index contributed by atoms with van der Waals surface area (Å²) in [6.45, 7) is 10.6. The van der Waals surface area contributed by atoms with Gasteiger partial charge in [-0.1, -0.05) is 6.07 Å². The molecular weight excluding hydrogens is 509 g/mol. The van der Waals surface area contributed by atoms with Crippen LogP contribution < -0.4 is 10.7 Å². The van der Waals surface area contributed by atoms with Gasteiger partial charge in [-0.3, -0.25) is 4.79 Å². The van der Waals surface area contributed by atoms with Crippen LogP contribution in [0.1, 0.15) is 41.0 Å². The Labute approximate surface area is 233 Å². The van der Waals surface area contributed by atoms with E-state index < -0.39 is 5.67 Å². The average molecular weight is 544 g/mol. The van der Waals surface area contributed by atoms with E-state index in [4.69, 9.17) is 5.10 Å². The first kappa shape index (κ1) is 27.4. The van der Waals surface area contributed by atoms with Gasteiger partial charge < -0.3 is 15.6 Å². The molecule has 0 aliphatic carbocycles. The van der Waals surface area contributed by atoms with E-state index in [1.54, 1.807) is 22.9 Å². The summed E-state index contributed by atoms with van der Waals surface area (Å²) in [7, 11) is 2.12. The van der Waals surface area contributed by atoms with Gasteiger partial charge in [0.25, 0.3) is 5.91 Å². The number of nitrogens with zero attached hydrogens (tertiary/aromatic N) is 7. The lowest BCUT2D eigenvalue weighted by atomic mass is 10.0. The number of aryl methyl sites for hydroxylation is 2. The van der Waals surface area contributed by atoms with Gasteiger partial charge in [-0.2, -0.15) is 5.10 Å². The molecule has 3 aromatic heterocycles. The van der Waals surface area contributed by atoms with Crippen molar-refractivity contribution in [2.75, 3.05) is 44.0 Å². The number of nitrogens with one attached hydrogen (secondary N) is 2. The van der Waals surface area contributed by atoms with Crippen LogP contribution in [0.2, 0.25) is 0 Å². The zero-order chi connectivity index (χ0) is 28.4. The predicted octanol–water partition coefficient (Wildman–Crippen LogP) is 4.37. The number of likely N-dealkylation sites (N-methyl/N-ethyl adjacent to an activating group) is 1. The van der Waals surface area contributed by atoms with Crippen molar-refractivity contribution >= 4 is 17.5 Å². The number of aromatic nitrogens is 5. The molecular formula is C29H34FN9O. The van der Waals surface area contributed by atoms with Crippen LogP contribution in [0.3, 0.4) is 0 Å². The SMILES string of the molecule is Cc1cc(-c2cc(C(=O)Nc3cc(C(C)(C)F)ccn3)ccc2C)n(-c2cc(NN3CCN(C)CC3)ncn2)n1. The molecule has 0 radical (unpaired) electrons. The lowest BCUT2D eigenvalue weighted by Crippen LogP contribution is -2.47. The second-order valence-corrected chi connectivity index (χ2v) is 10.6. The van der Waals surface area contributed by atoms with Gasteiger partial charge >= 0.3 is 0 Å². The lowest BCUT2D eigenvalue weighted by molar-refractivity contribution is 0.102. The molecule has 0 saturated carbocycles. The number of benzene rings is 1. The Morgan fingerprint density at radius 3 is 2.48 bits per heavy atom. The van der Waals surface area contributed by atoms with Crippen molar-refractivity contribution in [3.63, 3.8) is 0 Å². The van der Waals surface area contributed by atoms with E-state index in [9.17, 15) is 9.18 Å². The number of alkyl halides is 1. The number of halogens is 1. The summed E-state index contributed by atoms with van der Waals surface area (Å²) in [5, 5.41) is 9.64. The van der Waals surface area contributed by atoms with Crippen molar-refractivity contribution in [1.82, 2.24) is 34.6 Å². The highest BCUT2D eigenvalue weighted by Crippen LogP contribution is 2.29. The number of anilines is 2. The number of hydrogen-bond donors (Lipinski definition) is 2. The van der Waals surface area contributed by atoms with Crippen LogP contribution in [0.25, 0.3) is 17.1 Å². The molecule has 0 spiro atoms. The van der Waals surface area contributed by atoms with Gasteiger partial charge in [-0.15, -0.1) is 0 Å². The fraction of sp³-hybridized carbons (Fsp3) is 0.345. The molecule has 1 aliphatic rings. The molecule has 1 aliphatic heterocycles. The number of carbonyl (C=O) groups is 1. The van der Waals surface area contributed by atoms with Crippen LogP contribution in [0.5, 0.6) is 0 Å². The summed E-state index contributed by atoms with van der Waals surface area (Å²) in [6.07, 6.45) is 3.01. The predicted molar refractivity (Wildman–Crippen MR) is 153 cm³/mol. The number of rotatable bonds is 7. The highest BCUT2D eigenvalue weighted by molar-refractivity contribution is 6.04. The van der Waals surface area contributed by atoms with E-state index in [1.807, 2.05) is 38.1 Å². The molecule has 2 N–H and O–H groups in total. The maximum Gasteiger partial charge on any atom is 0.256 e. The first-order valence-corrected chi connectivity index (χ1v) is 13.2. The summed E-state index contributed by atoms with van der Waals surface area (Å²) in [4.78, 5) is 28.6. The standard InChI is InChI=1S/C29H34FN9O/c1-19-6-7-21(28(40)34-25-16-22(8-9-31-25)29(3,4)30)15-23(19)24-14-20(2)35-39(24)27-17-26(32-18-33-27)36-38-12-10-37(5)11-13-38/h6-9,14-18H,10-13H2,1-5H3,(H,31,34,40)(H,32,33,36). The molecule has 1 saturated heterocycles. The highest BCUT2D eigenvalue weighted by Gasteiger charge is 2.21. The van der Waals surface area contributed by atoms with E-state index in [1.165, 1.54) is 26.4 Å². The largest absolute Gasteiger partial charge is 0.307 e. The third-order valence-electron chi connectivity index (χ3n) is 6.94. The van der Waals surface area contributed by atoms with Crippen LogP contribution in [0.15, 0.2) is 55.0 Å². The van der Waals surface area contributed by atoms with Gasteiger partial charge in [0, 0.05) is 49.6 Å². The quantitative estimate of drug-likeness (QED) is 0.354. The van der Waals surface area contributed by atoms with Gasteiger partial charge in [-0.05, 0) is 76.2 Å². The number of amides is 1. The molecule has 0 atom stereocenters. The molecule has 11 heteroatoms. The third-order valence-corrected chi connectivity index (χ3v) is 6.94. The first-order chi connectivity index (χ1) is 19.1. The summed E-state index contributed by atoms with van der Waals surface area (Å²) >= 11 is 0. The molecule has 5 rings (SSSR count). The van der Waals surface area contributed by atoms with Gasteiger partial charge in [0.1, 0.15) is 23.6 Å². The fourth-order valence-corrected chi connectivity index (χ4v) is 4.57. The number of piperazine rings is 1. The molecule has 208 valence electrons. The normalized spacial score (nSPS) is 14.8. The Morgan fingerprint density at radius 1 is 0.950 bits per heavy atom. The minimum Gasteiger partial charge on any atom is -0.307 e. The zero-order valence-electron chi connectivity index (χ0n) is 23.4. The average Bonchev–Trinajstić information content (AvgIpc) is 3.31. The Balaban J connectivity index is 1.42. The molecule has 0 unspecified atom stereocenters. The minimum atomic E-state index is -1.55. The van der Waals surface area contributed by atoms with Gasteiger partial charge in [0.05, 0.1) is 11.4 Å². The van der Waals surface area contributed by atoms with Gasteiger partial charge in [-0.25, -0.2) is 29.0 Å². The number of pyridine rings is 1. The minimum absolute atomic E-state index is 0.289. The smallest absolute Gasteiger partial charge is 0.256 e. The van der Waals surface area contributed by atoms with Gasteiger partial charge in [0.15, 0.2) is 5.82 Å². The Kier molecular flexibility index (Phi) is 7.59. The zero-order valence-corrected chi connectivity index (χ0v) is 23.4. The molecule has 1 amide bonds. The van der Waals surface area contributed by atoms with E-state index in [0.29, 0.717) is 22.8 Å². The Morgan fingerprint density at radius 2 is 1.73 bits per heavy atom. The van der Waals surface area contributed by atoms with Crippen LogP contribution in [-0.2, 0) is 5.67 Å². The van der Waals surface area contributed by atoms with Crippen molar-refractivity contribution in [3.05, 3.63) is 77.4 Å². The fourth-order valence-electron chi connectivity index (χ4n) is 4.57. The maximum atomic E-state index is 14.4. The number of carbonyl (C=O) groups excluding carboxylic acids is 1. The van der Waals surface area contributed by atoms with Crippen LogP contribution in [0, 0.1) is 13.8 Å². The van der Waals surface area contributed by atoms with Crippen molar-refractivity contribution in [2.24, 2.45) is 0 Å². The first-order valence-electron chi connectivity index (χ1n) is 13.2. The molecule has 4 aromatic rings. The lowest BCUT2D eigenvalue weighted by Gasteiger charge is -2.32. The monoisotopic (exact) mass is 543 g/mol. The third kappa shape index (κ3) is 6.16. The highest BCUT2D eigenvalue weighted by atomic mass is 19.1. The molecule has 4 heterocycles. The second kappa shape index (κ2) is 11.1. The van der Waals surface area contributed by atoms with Crippen molar-refractivity contribution < 1.29 is 9.18 Å². The summed E-state index contributed by atoms with van der Waals surface area (Å²) in [5.41, 5.74) is 6.14. The summed E-state index contributed by atoms with van der Waals surface area (Å²) in [6, 6.07) is 12.5. The Hall–Kier alpha value is -4.22. The van der Waals surface area contributed by atoms with E-state index in [2.05, 4.69) is 42.7 Å². The summed E-state index contributed by atoms with van der Waals surface area (Å²) in [5.74, 6) is 1.24.